The van der Waals surface area contributed by atoms with Crippen LogP contribution in [0, 0.1) is 0 Å². The summed E-state index contributed by atoms with van der Waals surface area (Å²) in [5, 5.41) is 7.86. The van der Waals surface area contributed by atoms with E-state index in [-0.39, 0.29) is 6.04 Å². The summed E-state index contributed by atoms with van der Waals surface area (Å²) in [5.74, 6) is 0.495. The van der Waals surface area contributed by atoms with Crippen LogP contribution in [0.15, 0.2) is 144 Å². The Kier molecular flexibility index (Phi) is 4.96. The molecule has 0 saturated carbocycles. The maximum absolute atomic E-state index is 8.90. The Bertz CT molecular complexity index is 2760. The molecule has 7 aromatic carbocycles. The molecule has 0 N–H and O–H groups in total. The third kappa shape index (κ3) is 3.65. The van der Waals surface area contributed by atoms with Crippen molar-refractivity contribution in [3.8, 4) is 22.4 Å². The first kappa shape index (κ1) is 23.2. The highest BCUT2D eigenvalue weighted by Crippen LogP contribution is 2.59. The van der Waals surface area contributed by atoms with E-state index in [0.29, 0.717) is 28.6 Å². The molecule has 0 saturated heterocycles. The van der Waals surface area contributed by atoms with Gasteiger partial charge in [-0.2, -0.15) is 0 Å². The molecule has 0 spiro atoms. The molecule has 45 heavy (non-hydrogen) atoms. The van der Waals surface area contributed by atoms with Crippen molar-refractivity contribution < 1.29 is 2.74 Å². The van der Waals surface area contributed by atoms with Crippen molar-refractivity contribution in [1.29, 1.82) is 0 Å². The lowest BCUT2D eigenvalue weighted by atomic mass is 9.90. The first-order chi connectivity index (χ1) is 23.2. The van der Waals surface area contributed by atoms with E-state index in [9.17, 15) is 0 Å². The average molecular weight is 612 g/mol. The van der Waals surface area contributed by atoms with Crippen LogP contribution in [0.2, 0.25) is 0 Å². The van der Waals surface area contributed by atoms with Crippen LogP contribution < -0.4 is 4.31 Å². The molecule has 3 nitrogen and oxygen atoms in total. The fraction of sp³-hybridized carbons (Fsp3) is 0. The van der Waals surface area contributed by atoms with Crippen molar-refractivity contribution in [3.05, 3.63) is 139 Å². The second-order valence-electron chi connectivity index (χ2n) is 11.2. The fourth-order valence-electron chi connectivity index (χ4n) is 6.79. The normalized spacial score (nSPS) is 13.4. The monoisotopic (exact) mass is 611 g/mol. The van der Waals surface area contributed by atoms with Gasteiger partial charge in [-0.1, -0.05) is 121 Å². The van der Waals surface area contributed by atoms with Crippen molar-refractivity contribution in [2.45, 2.75) is 4.90 Å². The van der Waals surface area contributed by atoms with E-state index in [0.717, 1.165) is 21.7 Å². The summed E-state index contributed by atoms with van der Waals surface area (Å²) < 4.78 is 22.3. The zero-order valence-electron chi connectivity index (χ0n) is 25.8. The molecule has 0 unspecified atom stereocenters. The van der Waals surface area contributed by atoms with Crippen LogP contribution in [0.25, 0.3) is 75.0 Å². The second-order valence-corrected chi connectivity index (χ2v) is 13.2. The van der Waals surface area contributed by atoms with Gasteiger partial charge < -0.3 is 0 Å². The number of nitrogens with zero attached hydrogens (tertiary/aromatic N) is 3. The molecule has 9 aromatic rings. The van der Waals surface area contributed by atoms with Gasteiger partial charge >= 0.3 is 0 Å². The molecule has 3 heterocycles. The average Bonchev–Trinajstić information content (AvgIpc) is 3.52. The summed E-state index contributed by atoms with van der Waals surface area (Å²) in [6.07, 6.45) is 0. The second kappa shape index (κ2) is 9.63. The third-order valence-corrected chi connectivity index (χ3v) is 10.9. The van der Waals surface area contributed by atoms with E-state index in [1.165, 1.54) is 47.3 Å². The molecule has 0 amide bonds. The number of fused-ring (bicyclic) bond motifs is 13. The van der Waals surface area contributed by atoms with Crippen molar-refractivity contribution in [2.75, 3.05) is 4.31 Å². The SMILES string of the molecule is [2H]c1ccc([2H])c2c(-c3ccccc3)nc(N3Sc4ccc5ccccc5c4-c4c3c3sc5ccccc5c3c3ccccc43)nc12. The predicted octanol–water partition coefficient (Wildman–Crippen LogP) is 11.8. The molecule has 210 valence electrons. The number of rotatable bonds is 2. The van der Waals surface area contributed by atoms with Crippen LogP contribution in [0.4, 0.5) is 11.6 Å². The molecule has 5 heteroatoms. The number of anilines is 2. The van der Waals surface area contributed by atoms with Gasteiger partial charge in [0.25, 0.3) is 0 Å². The Morgan fingerprint density at radius 2 is 1.31 bits per heavy atom. The van der Waals surface area contributed by atoms with Crippen LogP contribution in [0.3, 0.4) is 0 Å². The van der Waals surface area contributed by atoms with E-state index in [4.69, 9.17) is 12.7 Å². The van der Waals surface area contributed by atoms with Crippen LogP contribution in [-0.4, -0.2) is 9.97 Å². The van der Waals surface area contributed by atoms with Gasteiger partial charge in [-0.3, -0.25) is 0 Å². The lowest BCUT2D eigenvalue weighted by Crippen LogP contribution is -2.16. The number of thiophene rings is 1. The minimum Gasteiger partial charge on any atom is -0.246 e. The maximum atomic E-state index is 8.90. The predicted molar refractivity (Wildman–Crippen MR) is 193 cm³/mol. The highest BCUT2D eigenvalue weighted by molar-refractivity contribution is 8.01. The molecular weight excluding hydrogens is 587 g/mol. The highest BCUT2D eigenvalue weighted by Gasteiger charge is 2.33. The van der Waals surface area contributed by atoms with Crippen molar-refractivity contribution in [2.24, 2.45) is 0 Å². The summed E-state index contributed by atoms with van der Waals surface area (Å²) in [5.41, 5.74) is 5.45. The maximum Gasteiger partial charge on any atom is 0.241 e. The van der Waals surface area contributed by atoms with Crippen LogP contribution in [0.5, 0.6) is 0 Å². The minimum atomic E-state index is 0.274. The Hall–Kier alpha value is -5.23. The largest absolute Gasteiger partial charge is 0.246 e. The van der Waals surface area contributed by atoms with E-state index in [1.807, 2.05) is 30.3 Å². The summed E-state index contributed by atoms with van der Waals surface area (Å²) in [6.45, 7) is 0. The van der Waals surface area contributed by atoms with Crippen molar-refractivity contribution in [3.63, 3.8) is 0 Å². The van der Waals surface area contributed by atoms with E-state index < -0.39 is 0 Å². The van der Waals surface area contributed by atoms with Gasteiger partial charge in [0.2, 0.25) is 5.95 Å². The van der Waals surface area contributed by atoms with E-state index >= 15 is 0 Å². The van der Waals surface area contributed by atoms with Gasteiger partial charge in [0.05, 0.1) is 24.3 Å². The Morgan fingerprint density at radius 1 is 0.578 bits per heavy atom. The molecule has 1 aliphatic rings. The van der Waals surface area contributed by atoms with Gasteiger partial charge in [0.15, 0.2) is 0 Å². The highest BCUT2D eigenvalue weighted by atomic mass is 32.2. The lowest BCUT2D eigenvalue weighted by molar-refractivity contribution is 1.17. The van der Waals surface area contributed by atoms with Gasteiger partial charge in [-0.05, 0) is 51.7 Å². The zero-order chi connectivity index (χ0) is 31.2. The van der Waals surface area contributed by atoms with Crippen LogP contribution >= 0.6 is 23.3 Å². The standard InChI is InChI=1S/C40H23N3S2/c1-2-13-25(14-3-1)37-29-18-8-10-20-31(29)41-40(42-37)43-38-36(35-26-15-5-4-12-24(26)22-23-33(35)45-43)28-17-7-6-16-27(28)34-30-19-9-11-21-32(30)44-39(34)38/h1-23H/i18D,20D. The minimum absolute atomic E-state index is 0.274. The van der Waals surface area contributed by atoms with Gasteiger partial charge in [-0.25, -0.2) is 14.3 Å². The number of para-hydroxylation sites is 1. The Morgan fingerprint density at radius 3 is 2.20 bits per heavy atom. The van der Waals surface area contributed by atoms with Crippen LogP contribution in [0.1, 0.15) is 2.74 Å². The van der Waals surface area contributed by atoms with Gasteiger partial charge in [0, 0.05) is 42.4 Å². The third-order valence-electron chi connectivity index (χ3n) is 8.70. The lowest BCUT2D eigenvalue weighted by Gasteiger charge is -2.32. The Balaban J connectivity index is 1.39. The summed E-state index contributed by atoms with van der Waals surface area (Å²) >= 11 is 3.43. The fourth-order valence-corrected chi connectivity index (χ4v) is 9.17. The first-order valence-electron chi connectivity index (χ1n) is 15.9. The summed E-state index contributed by atoms with van der Waals surface area (Å²) in [6, 6.07) is 44.3. The summed E-state index contributed by atoms with van der Waals surface area (Å²) in [7, 11) is 0. The molecule has 0 atom stereocenters. The first-order valence-corrected chi connectivity index (χ1v) is 16.4. The molecule has 0 bridgehead atoms. The molecule has 10 rings (SSSR count). The van der Waals surface area contributed by atoms with E-state index in [2.05, 4.69) is 89.2 Å². The smallest absolute Gasteiger partial charge is 0.241 e. The van der Waals surface area contributed by atoms with Crippen molar-refractivity contribution in [1.82, 2.24) is 9.97 Å². The molecule has 2 aromatic heterocycles. The molecule has 0 radical (unpaired) electrons. The van der Waals surface area contributed by atoms with Crippen molar-refractivity contribution >= 4 is 87.5 Å². The molecule has 1 aliphatic heterocycles. The number of hydrogen-bond acceptors (Lipinski definition) is 5. The number of benzene rings is 7. The van der Waals surface area contributed by atoms with Gasteiger partial charge in [0.1, 0.15) is 0 Å². The summed E-state index contributed by atoms with van der Waals surface area (Å²) in [4.78, 5) is 11.5. The van der Waals surface area contributed by atoms with Crippen LogP contribution in [-0.2, 0) is 0 Å². The topological polar surface area (TPSA) is 29.0 Å². The van der Waals surface area contributed by atoms with Gasteiger partial charge in [-0.15, -0.1) is 11.3 Å². The molecule has 0 aliphatic carbocycles. The zero-order valence-corrected chi connectivity index (χ0v) is 25.4. The molecule has 0 fully saturated rings. The number of aromatic nitrogens is 2. The number of hydrogen-bond donors (Lipinski definition) is 0. The molecular formula is C40H23N3S2. The Labute approximate surface area is 270 Å². The van der Waals surface area contributed by atoms with E-state index in [1.54, 1.807) is 35.4 Å². The quantitative estimate of drug-likeness (QED) is 0.182.